The molecule has 0 aliphatic heterocycles. The number of aromatic hydroxyl groups is 2. The molecule has 3 aliphatic carbocycles. The summed E-state index contributed by atoms with van der Waals surface area (Å²) in [7, 11) is 0. The Morgan fingerprint density at radius 3 is 1.72 bits per heavy atom. The standard InChI is InChI=1S/C40H42O3/c1-7-38(8-2)21-40(33-19-35(41)24(6)16-31(33)38)22-39(9-3,10-4)32-18-28(36(42)20-34(32)40)25-12-14-27-26-13-11-23(5)15-29(26)37(43)30(27)17-25/h11-20,41-42H,7-10,21-22H2,1-6H3. The van der Waals surface area contributed by atoms with Crippen molar-refractivity contribution in [3.8, 4) is 33.8 Å². The molecule has 43 heavy (non-hydrogen) atoms. The van der Waals surface area contributed by atoms with Gasteiger partial charge in [-0.2, -0.15) is 0 Å². The maximum absolute atomic E-state index is 13.5. The smallest absolute Gasteiger partial charge is 0.194 e. The normalized spacial score (nSPS) is 20.3. The van der Waals surface area contributed by atoms with Gasteiger partial charge < -0.3 is 10.2 Å². The van der Waals surface area contributed by atoms with Crippen LogP contribution in [0.15, 0.2) is 60.7 Å². The van der Waals surface area contributed by atoms with Crippen molar-refractivity contribution < 1.29 is 15.0 Å². The van der Waals surface area contributed by atoms with Gasteiger partial charge in [0.15, 0.2) is 5.78 Å². The zero-order valence-electron chi connectivity index (χ0n) is 26.3. The topological polar surface area (TPSA) is 57.5 Å². The van der Waals surface area contributed by atoms with Crippen LogP contribution < -0.4 is 0 Å². The summed E-state index contributed by atoms with van der Waals surface area (Å²) in [6.45, 7) is 13.2. The average molecular weight is 571 g/mol. The van der Waals surface area contributed by atoms with Gasteiger partial charge in [0.05, 0.1) is 0 Å². The van der Waals surface area contributed by atoms with E-state index in [9.17, 15) is 15.0 Å². The minimum absolute atomic E-state index is 0.0324. The van der Waals surface area contributed by atoms with Crippen LogP contribution in [0.4, 0.5) is 0 Å². The first-order valence-electron chi connectivity index (χ1n) is 16.1. The van der Waals surface area contributed by atoms with Crippen LogP contribution in [0.25, 0.3) is 22.3 Å². The monoisotopic (exact) mass is 570 g/mol. The number of hydrogen-bond acceptors (Lipinski definition) is 3. The molecule has 3 aliphatic rings. The van der Waals surface area contributed by atoms with Crippen molar-refractivity contribution in [3.63, 3.8) is 0 Å². The van der Waals surface area contributed by atoms with Crippen LogP contribution in [-0.2, 0) is 16.2 Å². The minimum atomic E-state index is -0.267. The quantitative estimate of drug-likeness (QED) is 0.221. The van der Waals surface area contributed by atoms with Crippen LogP contribution in [0.2, 0.25) is 0 Å². The van der Waals surface area contributed by atoms with Crippen molar-refractivity contribution in [2.75, 3.05) is 0 Å². The van der Waals surface area contributed by atoms with Crippen LogP contribution >= 0.6 is 0 Å². The lowest BCUT2D eigenvalue weighted by Crippen LogP contribution is -2.30. The zero-order valence-corrected chi connectivity index (χ0v) is 26.3. The number of carbonyl (C=O) groups excluding carboxylic acids is 1. The molecule has 1 unspecified atom stereocenters. The fourth-order valence-corrected chi connectivity index (χ4v) is 9.24. The molecule has 3 nitrogen and oxygen atoms in total. The highest BCUT2D eigenvalue weighted by Crippen LogP contribution is 2.67. The number of carbonyl (C=O) groups is 1. The van der Waals surface area contributed by atoms with Gasteiger partial charge in [0.2, 0.25) is 0 Å². The maximum atomic E-state index is 13.5. The molecule has 4 aromatic carbocycles. The van der Waals surface area contributed by atoms with E-state index in [1.54, 1.807) is 0 Å². The van der Waals surface area contributed by atoms with Gasteiger partial charge in [-0.15, -0.1) is 0 Å². The van der Waals surface area contributed by atoms with Gasteiger partial charge in [-0.25, -0.2) is 0 Å². The van der Waals surface area contributed by atoms with E-state index in [0.717, 1.165) is 77.5 Å². The molecule has 0 heterocycles. The molecular formula is C40H42O3. The SMILES string of the molecule is CCC1(CC)CC2(CC(CC)(CC)c3cc(-c4ccc5c(c4)C(=O)c4cc(C)ccc4-5)c(O)cc32)c2cc(O)c(C)cc21. The van der Waals surface area contributed by atoms with Gasteiger partial charge in [-0.3, -0.25) is 4.79 Å². The van der Waals surface area contributed by atoms with Crippen LogP contribution in [0, 0.1) is 13.8 Å². The Hall–Kier alpha value is -3.85. The summed E-state index contributed by atoms with van der Waals surface area (Å²) < 4.78 is 0. The Balaban J connectivity index is 1.43. The number of fused-ring (bicyclic) bond motifs is 7. The summed E-state index contributed by atoms with van der Waals surface area (Å²) in [5.41, 5.74) is 11.9. The zero-order chi connectivity index (χ0) is 30.5. The highest BCUT2D eigenvalue weighted by Gasteiger charge is 2.59. The number of phenols is 2. The van der Waals surface area contributed by atoms with E-state index in [2.05, 4.69) is 52.0 Å². The molecule has 2 N–H and O–H groups in total. The van der Waals surface area contributed by atoms with Gasteiger partial charge >= 0.3 is 0 Å². The van der Waals surface area contributed by atoms with Crippen molar-refractivity contribution in [1.82, 2.24) is 0 Å². The second-order valence-electron chi connectivity index (χ2n) is 13.6. The van der Waals surface area contributed by atoms with Crippen LogP contribution in [0.3, 0.4) is 0 Å². The molecule has 4 aromatic rings. The summed E-state index contributed by atoms with van der Waals surface area (Å²) in [5.74, 6) is 0.663. The Morgan fingerprint density at radius 1 is 0.581 bits per heavy atom. The molecule has 0 bridgehead atoms. The molecule has 0 saturated carbocycles. The fraction of sp³-hybridized carbons (Fsp3) is 0.375. The molecule has 0 fully saturated rings. The molecule has 1 spiro atoms. The van der Waals surface area contributed by atoms with Crippen molar-refractivity contribution in [3.05, 3.63) is 105 Å². The lowest BCUT2D eigenvalue weighted by Gasteiger charge is -2.34. The number of ketones is 1. The van der Waals surface area contributed by atoms with E-state index in [4.69, 9.17) is 0 Å². The van der Waals surface area contributed by atoms with E-state index in [0.29, 0.717) is 11.3 Å². The van der Waals surface area contributed by atoms with Crippen molar-refractivity contribution in [2.45, 2.75) is 96.3 Å². The van der Waals surface area contributed by atoms with E-state index < -0.39 is 0 Å². The van der Waals surface area contributed by atoms with E-state index in [1.807, 2.05) is 50.2 Å². The molecule has 0 aromatic heterocycles. The number of aryl methyl sites for hydroxylation is 2. The Labute approximate surface area is 255 Å². The lowest BCUT2D eigenvalue weighted by molar-refractivity contribution is 0.104. The van der Waals surface area contributed by atoms with Crippen molar-refractivity contribution in [2.24, 2.45) is 0 Å². The number of phenolic OH excluding ortho intramolecular Hbond substituents is 2. The summed E-state index contributed by atoms with van der Waals surface area (Å²) in [6.07, 6.45) is 6.04. The summed E-state index contributed by atoms with van der Waals surface area (Å²) >= 11 is 0. The third kappa shape index (κ3) is 3.57. The Kier molecular flexibility index (Phi) is 6.06. The largest absolute Gasteiger partial charge is 0.508 e. The fourth-order valence-electron chi connectivity index (χ4n) is 9.24. The molecule has 220 valence electrons. The van der Waals surface area contributed by atoms with Gasteiger partial charge in [-0.05, 0) is 138 Å². The third-order valence-corrected chi connectivity index (χ3v) is 11.9. The molecular weight excluding hydrogens is 528 g/mol. The number of benzene rings is 4. The summed E-state index contributed by atoms with van der Waals surface area (Å²) in [4.78, 5) is 13.5. The Morgan fingerprint density at radius 2 is 1.12 bits per heavy atom. The summed E-state index contributed by atoms with van der Waals surface area (Å²) in [6, 6.07) is 20.7. The first-order valence-corrected chi connectivity index (χ1v) is 16.1. The molecule has 0 saturated heterocycles. The average Bonchev–Trinajstić information content (AvgIpc) is 3.55. The van der Waals surface area contributed by atoms with Gasteiger partial charge in [0, 0.05) is 22.1 Å². The first-order chi connectivity index (χ1) is 20.6. The lowest BCUT2D eigenvalue weighted by atomic mass is 9.68. The highest BCUT2D eigenvalue weighted by atomic mass is 16.3. The highest BCUT2D eigenvalue weighted by molar-refractivity contribution is 6.22. The second kappa shape index (κ2) is 9.32. The van der Waals surface area contributed by atoms with Crippen LogP contribution in [-0.4, -0.2) is 16.0 Å². The molecule has 3 heteroatoms. The van der Waals surface area contributed by atoms with Crippen LogP contribution in [0.1, 0.15) is 116 Å². The predicted molar refractivity (Wildman–Crippen MR) is 175 cm³/mol. The van der Waals surface area contributed by atoms with Gasteiger partial charge in [0.1, 0.15) is 11.5 Å². The summed E-state index contributed by atoms with van der Waals surface area (Å²) in [5, 5.41) is 22.8. The van der Waals surface area contributed by atoms with Crippen molar-refractivity contribution >= 4 is 5.78 Å². The first kappa shape index (κ1) is 28.0. The van der Waals surface area contributed by atoms with Crippen molar-refractivity contribution in [1.29, 1.82) is 0 Å². The maximum Gasteiger partial charge on any atom is 0.194 e. The third-order valence-electron chi connectivity index (χ3n) is 11.9. The minimum Gasteiger partial charge on any atom is -0.508 e. The number of rotatable bonds is 5. The number of hydrogen-bond donors (Lipinski definition) is 2. The second-order valence-corrected chi connectivity index (χ2v) is 13.6. The molecule has 0 radical (unpaired) electrons. The molecule has 0 amide bonds. The molecule has 7 rings (SSSR count). The van der Waals surface area contributed by atoms with E-state index in [-0.39, 0.29) is 27.8 Å². The van der Waals surface area contributed by atoms with E-state index in [1.165, 1.54) is 22.3 Å². The van der Waals surface area contributed by atoms with E-state index >= 15 is 0 Å². The van der Waals surface area contributed by atoms with Gasteiger partial charge in [-0.1, -0.05) is 63.6 Å². The Bertz CT molecular complexity index is 1840. The van der Waals surface area contributed by atoms with Crippen LogP contribution in [0.5, 0.6) is 11.5 Å². The predicted octanol–water partition coefficient (Wildman–Crippen LogP) is 9.80. The van der Waals surface area contributed by atoms with Gasteiger partial charge in [0.25, 0.3) is 0 Å². The molecule has 1 atom stereocenters.